The molecule has 0 saturated heterocycles. The molecule has 1 aromatic carbocycles. The van der Waals surface area contributed by atoms with E-state index in [9.17, 15) is 0 Å². The van der Waals surface area contributed by atoms with Gasteiger partial charge in [-0.15, -0.1) is 5.10 Å². The zero-order valence-corrected chi connectivity index (χ0v) is 12.8. The molecule has 108 valence electrons. The van der Waals surface area contributed by atoms with Crippen LogP contribution in [0.4, 0.5) is 0 Å². The average Bonchev–Trinajstić information content (AvgIpc) is 2.83. The fourth-order valence-corrected chi connectivity index (χ4v) is 1.94. The number of rotatable bonds is 4. The van der Waals surface area contributed by atoms with Crippen LogP contribution in [0.2, 0.25) is 0 Å². The maximum absolute atomic E-state index is 5.28. The van der Waals surface area contributed by atoms with Crippen molar-refractivity contribution < 1.29 is 4.74 Å². The van der Waals surface area contributed by atoms with Gasteiger partial charge in [-0.3, -0.25) is 0 Å². The third-order valence-electron chi connectivity index (χ3n) is 3.04. The minimum atomic E-state index is 0.0604. The number of hydrogen-bond donors (Lipinski definition) is 1. The van der Waals surface area contributed by atoms with Crippen LogP contribution in [0, 0.1) is 6.92 Å². The molecule has 2 aromatic rings. The monoisotopic (exact) mass is 274 g/mol. The predicted molar refractivity (Wildman–Crippen MR) is 79.2 cm³/mol. The lowest BCUT2D eigenvalue weighted by molar-refractivity contribution is 0.411. The third-order valence-corrected chi connectivity index (χ3v) is 3.04. The first-order valence-electron chi connectivity index (χ1n) is 6.70. The molecule has 5 heteroatoms. The molecule has 0 fully saturated rings. The van der Waals surface area contributed by atoms with Gasteiger partial charge in [0.2, 0.25) is 0 Å². The van der Waals surface area contributed by atoms with Crippen molar-refractivity contribution in [3.8, 4) is 11.4 Å². The Morgan fingerprint density at radius 2 is 2.05 bits per heavy atom. The molecule has 20 heavy (non-hydrogen) atoms. The number of nitrogens with zero attached hydrogens (tertiary/aromatic N) is 3. The first-order valence-corrected chi connectivity index (χ1v) is 6.70. The zero-order valence-electron chi connectivity index (χ0n) is 12.8. The molecule has 2 rings (SSSR count). The second kappa shape index (κ2) is 5.63. The van der Waals surface area contributed by atoms with Crippen LogP contribution in [-0.2, 0) is 6.54 Å². The lowest BCUT2D eigenvalue weighted by Crippen LogP contribution is -2.35. The van der Waals surface area contributed by atoms with Crippen LogP contribution in [0.1, 0.15) is 32.0 Å². The summed E-state index contributed by atoms with van der Waals surface area (Å²) in [5.74, 6) is 0.878. The highest BCUT2D eigenvalue weighted by molar-refractivity contribution is 5.43. The van der Waals surface area contributed by atoms with E-state index in [1.54, 1.807) is 13.3 Å². The first-order chi connectivity index (χ1) is 9.40. The molecule has 1 N–H and O–H groups in total. The van der Waals surface area contributed by atoms with Gasteiger partial charge in [0.05, 0.1) is 24.7 Å². The van der Waals surface area contributed by atoms with Crippen molar-refractivity contribution in [1.29, 1.82) is 0 Å². The fourth-order valence-electron chi connectivity index (χ4n) is 1.94. The Balaban J connectivity index is 2.25. The van der Waals surface area contributed by atoms with E-state index in [-0.39, 0.29) is 5.54 Å². The van der Waals surface area contributed by atoms with Crippen molar-refractivity contribution in [2.24, 2.45) is 0 Å². The molecule has 0 amide bonds. The minimum Gasteiger partial charge on any atom is -0.496 e. The Labute approximate surface area is 120 Å². The van der Waals surface area contributed by atoms with E-state index in [2.05, 4.69) is 36.4 Å². The molecule has 0 unspecified atom stereocenters. The van der Waals surface area contributed by atoms with Crippen molar-refractivity contribution in [3.63, 3.8) is 0 Å². The number of aryl methyl sites for hydroxylation is 1. The number of hydrogen-bond acceptors (Lipinski definition) is 4. The van der Waals surface area contributed by atoms with E-state index in [1.807, 2.05) is 29.8 Å². The summed E-state index contributed by atoms with van der Waals surface area (Å²) in [5, 5.41) is 11.6. The Bertz CT molecular complexity index is 584. The van der Waals surface area contributed by atoms with Crippen molar-refractivity contribution in [2.45, 2.75) is 39.8 Å². The second-order valence-electron chi connectivity index (χ2n) is 5.89. The Hall–Kier alpha value is -1.88. The SMILES string of the molecule is COc1ccc(-n2nncc2CNC(C)(C)C)cc1C. The normalized spacial score (nSPS) is 11.7. The van der Waals surface area contributed by atoms with Gasteiger partial charge in [0, 0.05) is 12.1 Å². The standard InChI is InChI=1S/C15H22N4O/c1-11-8-12(6-7-14(11)20-5)19-13(10-17-18-19)9-16-15(2,3)4/h6-8,10,16H,9H2,1-5H3. The van der Waals surface area contributed by atoms with E-state index in [4.69, 9.17) is 4.74 Å². The molecule has 0 aliphatic rings. The summed E-state index contributed by atoms with van der Waals surface area (Å²) in [6.45, 7) is 9.16. The summed E-state index contributed by atoms with van der Waals surface area (Å²) in [6.07, 6.45) is 1.79. The summed E-state index contributed by atoms with van der Waals surface area (Å²) in [6, 6.07) is 5.99. The summed E-state index contributed by atoms with van der Waals surface area (Å²) in [5.41, 5.74) is 3.16. The molecule has 5 nitrogen and oxygen atoms in total. The lowest BCUT2D eigenvalue weighted by Gasteiger charge is -2.20. The summed E-state index contributed by atoms with van der Waals surface area (Å²) < 4.78 is 7.13. The predicted octanol–water partition coefficient (Wildman–Crippen LogP) is 2.47. The number of methoxy groups -OCH3 is 1. The topological polar surface area (TPSA) is 52.0 Å². The summed E-state index contributed by atoms with van der Waals surface area (Å²) in [4.78, 5) is 0. The third kappa shape index (κ3) is 3.36. The molecule has 0 atom stereocenters. The maximum Gasteiger partial charge on any atom is 0.121 e. The summed E-state index contributed by atoms with van der Waals surface area (Å²) in [7, 11) is 1.68. The largest absolute Gasteiger partial charge is 0.496 e. The highest BCUT2D eigenvalue weighted by Crippen LogP contribution is 2.21. The average molecular weight is 274 g/mol. The molecular weight excluding hydrogens is 252 g/mol. The van der Waals surface area contributed by atoms with Gasteiger partial charge in [0.1, 0.15) is 5.75 Å². The van der Waals surface area contributed by atoms with Gasteiger partial charge in [0.15, 0.2) is 0 Å². The highest BCUT2D eigenvalue weighted by atomic mass is 16.5. The van der Waals surface area contributed by atoms with Crippen LogP contribution in [0.5, 0.6) is 5.75 Å². The van der Waals surface area contributed by atoms with E-state index >= 15 is 0 Å². The van der Waals surface area contributed by atoms with Crippen LogP contribution in [-0.4, -0.2) is 27.6 Å². The van der Waals surface area contributed by atoms with Crippen LogP contribution in [0.15, 0.2) is 24.4 Å². The Morgan fingerprint density at radius 1 is 1.30 bits per heavy atom. The van der Waals surface area contributed by atoms with Gasteiger partial charge in [-0.05, 0) is 51.5 Å². The smallest absolute Gasteiger partial charge is 0.121 e. The molecular formula is C15H22N4O. The number of ether oxygens (including phenoxy) is 1. The van der Waals surface area contributed by atoms with Crippen LogP contribution in [0.3, 0.4) is 0 Å². The van der Waals surface area contributed by atoms with Gasteiger partial charge in [-0.25, -0.2) is 4.68 Å². The molecule has 1 aromatic heterocycles. The van der Waals surface area contributed by atoms with Crippen molar-refractivity contribution >= 4 is 0 Å². The minimum absolute atomic E-state index is 0.0604. The van der Waals surface area contributed by atoms with Gasteiger partial charge in [0.25, 0.3) is 0 Å². The molecule has 1 heterocycles. The fraction of sp³-hybridized carbons (Fsp3) is 0.467. The van der Waals surface area contributed by atoms with Crippen molar-refractivity contribution in [3.05, 3.63) is 35.7 Å². The molecule has 0 radical (unpaired) electrons. The highest BCUT2D eigenvalue weighted by Gasteiger charge is 2.12. The molecule has 0 aliphatic carbocycles. The number of benzene rings is 1. The molecule has 0 spiro atoms. The first kappa shape index (κ1) is 14.5. The van der Waals surface area contributed by atoms with Crippen LogP contribution in [0.25, 0.3) is 5.69 Å². The van der Waals surface area contributed by atoms with Crippen LogP contribution >= 0.6 is 0 Å². The Morgan fingerprint density at radius 3 is 2.65 bits per heavy atom. The molecule has 0 aliphatic heterocycles. The quantitative estimate of drug-likeness (QED) is 0.930. The summed E-state index contributed by atoms with van der Waals surface area (Å²) >= 11 is 0. The molecule has 0 saturated carbocycles. The second-order valence-corrected chi connectivity index (χ2v) is 5.89. The van der Waals surface area contributed by atoms with E-state index in [0.717, 1.165) is 29.2 Å². The van der Waals surface area contributed by atoms with E-state index < -0.39 is 0 Å². The van der Waals surface area contributed by atoms with Gasteiger partial charge in [-0.2, -0.15) is 0 Å². The molecule has 0 bridgehead atoms. The van der Waals surface area contributed by atoms with Crippen LogP contribution < -0.4 is 10.1 Å². The van der Waals surface area contributed by atoms with Gasteiger partial charge < -0.3 is 10.1 Å². The maximum atomic E-state index is 5.28. The van der Waals surface area contributed by atoms with Crippen molar-refractivity contribution in [1.82, 2.24) is 20.3 Å². The van der Waals surface area contributed by atoms with E-state index in [0.29, 0.717) is 0 Å². The van der Waals surface area contributed by atoms with Gasteiger partial charge in [-0.1, -0.05) is 5.21 Å². The lowest BCUT2D eigenvalue weighted by atomic mass is 10.1. The number of nitrogens with one attached hydrogen (secondary N) is 1. The van der Waals surface area contributed by atoms with E-state index in [1.165, 1.54) is 0 Å². The van der Waals surface area contributed by atoms with Gasteiger partial charge >= 0.3 is 0 Å². The van der Waals surface area contributed by atoms with Crippen molar-refractivity contribution in [2.75, 3.05) is 7.11 Å². The Kier molecular flexibility index (Phi) is 4.09. The zero-order chi connectivity index (χ0) is 14.8. The number of aromatic nitrogens is 3.